The van der Waals surface area contributed by atoms with Gasteiger partial charge in [-0.15, -0.1) is 0 Å². The van der Waals surface area contributed by atoms with Crippen LogP contribution in [0.15, 0.2) is 30.3 Å². The fourth-order valence-electron chi connectivity index (χ4n) is 2.95. The predicted octanol–water partition coefficient (Wildman–Crippen LogP) is 2.59. The van der Waals surface area contributed by atoms with Crippen molar-refractivity contribution >= 4 is 0 Å². The zero-order chi connectivity index (χ0) is 17.7. The Morgan fingerprint density at radius 1 is 0.840 bits per heavy atom. The lowest BCUT2D eigenvalue weighted by molar-refractivity contribution is -0.00641. The third-order valence-electron chi connectivity index (χ3n) is 4.39. The fraction of sp³-hybridized carbons (Fsp3) is 0.700. The Morgan fingerprint density at radius 3 is 2.00 bits per heavy atom. The van der Waals surface area contributed by atoms with Gasteiger partial charge in [-0.2, -0.15) is 0 Å². The van der Waals surface area contributed by atoms with Crippen molar-refractivity contribution in [3.63, 3.8) is 0 Å². The predicted molar refractivity (Wildman–Crippen MR) is 98.8 cm³/mol. The molecule has 25 heavy (non-hydrogen) atoms. The van der Waals surface area contributed by atoms with Crippen molar-refractivity contribution < 1.29 is 18.9 Å². The molecule has 0 amide bonds. The Balaban J connectivity index is 1.98. The summed E-state index contributed by atoms with van der Waals surface area (Å²) in [5.41, 5.74) is 1.32. The van der Waals surface area contributed by atoms with Crippen LogP contribution < -0.4 is 0 Å². The summed E-state index contributed by atoms with van der Waals surface area (Å²) in [6.45, 7) is 11.4. The van der Waals surface area contributed by atoms with E-state index < -0.39 is 0 Å². The minimum atomic E-state index is 0.352. The molecule has 1 fully saturated rings. The van der Waals surface area contributed by atoms with E-state index in [1.165, 1.54) is 5.56 Å². The lowest BCUT2D eigenvalue weighted by Crippen LogP contribution is -2.43. The summed E-state index contributed by atoms with van der Waals surface area (Å²) in [5, 5.41) is 0. The Morgan fingerprint density at radius 2 is 1.40 bits per heavy atom. The molecule has 1 heterocycles. The van der Waals surface area contributed by atoms with Crippen molar-refractivity contribution in [2.24, 2.45) is 5.92 Å². The molecule has 0 bridgehead atoms. The number of hydrogen-bond donors (Lipinski definition) is 0. The SMILES string of the molecule is CC(C)[C@H]1COCCOCCOCCOCCN1Cc1ccccc1. The Bertz CT molecular complexity index is 441. The summed E-state index contributed by atoms with van der Waals surface area (Å²) >= 11 is 0. The lowest BCUT2D eigenvalue weighted by Gasteiger charge is -2.34. The molecule has 1 aromatic carbocycles. The number of ether oxygens (including phenoxy) is 4. The number of nitrogens with zero attached hydrogens (tertiary/aromatic N) is 1. The molecule has 1 aromatic rings. The Kier molecular flexibility index (Phi) is 10.1. The van der Waals surface area contributed by atoms with Gasteiger partial charge in [0.2, 0.25) is 0 Å². The van der Waals surface area contributed by atoms with Crippen LogP contribution in [0.5, 0.6) is 0 Å². The third kappa shape index (κ3) is 8.29. The highest BCUT2D eigenvalue weighted by Gasteiger charge is 2.22. The van der Waals surface area contributed by atoms with Gasteiger partial charge in [-0.05, 0) is 11.5 Å². The van der Waals surface area contributed by atoms with Crippen LogP contribution in [0.3, 0.4) is 0 Å². The second kappa shape index (κ2) is 12.4. The first-order chi connectivity index (χ1) is 12.3. The molecule has 1 aliphatic heterocycles. The van der Waals surface area contributed by atoms with Crippen LogP contribution in [0, 0.1) is 5.92 Å². The van der Waals surface area contributed by atoms with Gasteiger partial charge in [0.15, 0.2) is 0 Å². The van der Waals surface area contributed by atoms with Crippen LogP contribution in [0.2, 0.25) is 0 Å². The summed E-state index contributed by atoms with van der Waals surface area (Å²) in [4.78, 5) is 2.47. The molecule has 0 N–H and O–H groups in total. The van der Waals surface area contributed by atoms with Crippen molar-refractivity contribution in [3.8, 4) is 0 Å². The van der Waals surface area contributed by atoms with Crippen molar-refractivity contribution in [2.45, 2.75) is 26.4 Å². The zero-order valence-corrected chi connectivity index (χ0v) is 15.7. The van der Waals surface area contributed by atoms with Crippen LogP contribution >= 0.6 is 0 Å². The van der Waals surface area contributed by atoms with E-state index in [-0.39, 0.29) is 0 Å². The van der Waals surface area contributed by atoms with E-state index in [9.17, 15) is 0 Å². The average molecular weight is 351 g/mol. The molecule has 1 saturated heterocycles. The van der Waals surface area contributed by atoms with Gasteiger partial charge in [0.25, 0.3) is 0 Å². The van der Waals surface area contributed by atoms with Gasteiger partial charge in [-0.25, -0.2) is 0 Å². The smallest absolute Gasteiger partial charge is 0.0701 e. The summed E-state index contributed by atoms with van der Waals surface area (Å²) in [6.07, 6.45) is 0. The van der Waals surface area contributed by atoms with Crippen molar-refractivity contribution in [1.29, 1.82) is 0 Å². The molecule has 0 saturated carbocycles. The normalized spacial score (nSPS) is 23.1. The maximum atomic E-state index is 5.90. The number of hydrogen-bond acceptors (Lipinski definition) is 5. The lowest BCUT2D eigenvalue weighted by atomic mass is 10.0. The van der Waals surface area contributed by atoms with Crippen molar-refractivity contribution in [3.05, 3.63) is 35.9 Å². The monoisotopic (exact) mass is 351 g/mol. The summed E-state index contributed by atoms with van der Waals surface area (Å²) in [5.74, 6) is 0.503. The summed E-state index contributed by atoms with van der Waals surface area (Å²) in [7, 11) is 0. The second-order valence-electron chi connectivity index (χ2n) is 6.68. The van der Waals surface area contributed by atoms with E-state index in [1.54, 1.807) is 0 Å². The topological polar surface area (TPSA) is 40.2 Å². The minimum Gasteiger partial charge on any atom is -0.378 e. The first kappa shape index (κ1) is 20.3. The molecule has 0 radical (unpaired) electrons. The number of benzene rings is 1. The minimum absolute atomic E-state index is 0.352. The van der Waals surface area contributed by atoms with E-state index in [1.807, 2.05) is 0 Å². The van der Waals surface area contributed by atoms with Crippen LogP contribution in [0.1, 0.15) is 19.4 Å². The Labute approximate surface area is 152 Å². The van der Waals surface area contributed by atoms with Crippen LogP contribution in [-0.2, 0) is 25.5 Å². The van der Waals surface area contributed by atoms with Gasteiger partial charge in [-0.1, -0.05) is 44.2 Å². The van der Waals surface area contributed by atoms with E-state index in [0.717, 1.165) is 13.1 Å². The fourth-order valence-corrected chi connectivity index (χ4v) is 2.95. The Hall–Kier alpha value is -0.980. The van der Waals surface area contributed by atoms with Crippen LogP contribution in [0.25, 0.3) is 0 Å². The first-order valence-electron chi connectivity index (χ1n) is 9.36. The standard InChI is InChI=1S/C20H33NO4/c1-18(2)20-17-25-15-14-24-13-12-23-11-10-22-9-8-21(20)16-19-6-4-3-5-7-19/h3-7,18,20H,8-17H2,1-2H3/t20-/m1/s1. The van der Waals surface area contributed by atoms with Crippen LogP contribution in [0.4, 0.5) is 0 Å². The maximum absolute atomic E-state index is 5.90. The summed E-state index contributed by atoms with van der Waals surface area (Å²) in [6, 6.07) is 10.9. The first-order valence-corrected chi connectivity index (χ1v) is 9.36. The molecule has 5 heteroatoms. The zero-order valence-electron chi connectivity index (χ0n) is 15.7. The molecule has 0 unspecified atom stereocenters. The van der Waals surface area contributed by atoms with E-state index in [2.05, 4.69) is 49.1 Å². The highest BCUT2D eigenvalue weighted by Crippen LogP contribution is 2.15. The van der Waals surface area contributed by atoms with Gasteiger partial charge in [-0.3, -0.25) is 4.90 Å². The second-order valence-corrected chi connectivity index (χ2v) is 6.68. The van der Waals surface area contributed by atoms with E-state index in [4.69, 9.17) is 18.9 Å². The van der Waals surface area contributed by atoms with Gasteiger partial charge in [0.1, 0.15) is 0 Å². The molecule has 0 aliphatic carbocycles. The largest absolute Gasteiger partial charge is 0.378 e. The van der Waals surface area contributed by atoms with Crippen molar-refractivity contribution in [1.82, 2.24) is 4.90 Å². The molecular formula is C20H33NO4. The summed E-state index contributed by atoms with van der Waals surface area (Å²) < 4.78 is 22.7. The molecule has 1 aliphatic rings. The highest BCUT2D eigenvalue weighted by molar-refractivity contribution is 5.14. The molecule has 0 spiro atoms. The molecular weight excluding hydrogens is 318 g/mol. The molecule has 5 nitrogen and oxygen atoms in total. The van der Waals surface area contributed by atoms with Crippen molar-refractivity contribution in [2.75, 3.05) is 59.4 Å². The van der Waals surface area contributed by atoms with Gasteiger partial charge >= 0.3 is 0 Å². The van der Waals surface area contributed by atoms with Gasteiger partial charge in [0.05, 0.1) is 52.9 Å². The van der Waals surface area contributed by atoms with Gasteiger partial charge in [0, 0.05) is 19.1 Å². The van der Waals surface area contributed by atoms with E-state index in [0.29, 0.717) is 64.8 Å². The maximum Gasteiger partial charge on any atom is 0.0701 e. The van der Waals surface area contributed by atoms with Crippen LogP contribution in [-0.4, -0.2) is 70.3 Å². The quantitative estimate of drug-likeness (QED) is 0.837. The highest BCUT2D eigenvalue weighted by atomic mass is 16.6. The molecule has 0 aromatic heterocycles. The number of rotatable bonds is 3. The molecule has 142 valence electrons. The van der Waals surface area contributed by atoms with E-state index >= 15 is 0 Å². The third-order valence-corrected chi connectivity index (χ3v) is 4.39. The average Bonchev–Trinajstić information content (AvgIpc) is 2.62. The van der Waals surface area contributed by atoms with Gasteiger partial charge < -0.3 is 18.9 Å². The molecule has 2 rings (SSSR count). The molecule has 1 atom stereocenters.